The first-order valence-corrected chi connectivity index (χ1v) is 6.68. The van der Waals surface area contributed by atoms with Gasteiger partial charge in [0.25, 0.3) is 0 Å². The van der Waals surface area contributed by atoms with Crippen molar-refractivity contribution in [1.82, 2.24) is 4.37 Å². The molecule has 0 atom stereocenters. The van der Waals surface area contributed by atoms with E-state index in [9.17, 15) is 9.59 Å². The summed E-state index contributed by atoms with van der Waals surface area (Å²) in [5.41, 5.74) is 0.345. The molecule has 0 saturated carbocycles. The van der Waals surface area contributed by atoms with Crippen LogP contribution >= 0.6 is 34.7 Å². The van der Waals surface area contributed by atoms with E-state index >= 15 is 0 Å². The van der Waals surface area contributed by atoms with Crippen LogP contribution in [0.4, 0.5) is 0 Å². The molecule has 2 aromatic rings. The van der Waals surface area contributed by atoms with E-state index in [0.29, 0.717) is 5.56 Å². The van der Waals surface area contributed by atoms with E-state index < -0.39 is 5.78 Å². The molecule has 7 heteroatoms. The summed E-state index contributed by atoms with van der Waals surface area (Å²) in [6.07, 6.45) is -0.316. The molecule has 19 heavy (non-hydrogen) atoms. The minimum atomic E-state index is -0.424. The average Bonchev–Trinajstić information content (AvgIpc) is 2.70. The van der Waals surface area contributed by atoms with Crippen molar-refractivity contribution in [2.24, 2.45) is 0 Å². The summed E-state index contributed by atoms with van der Waals surface area (Å²) < 4.78 is 3.74. The first-order valence-electron chi connectivity index (χ1n) is 5.15. The highest BCUT2D eigenvalue weighted by atomic mass is 35.5. The molecule has 0 bridgehead atoms. The van der Waals surface area contributed by atoms with E-state index in [0.717, 1.165) is 11.5 Å². The number of phenolic OH excluding ortho intramolecular Hbond substituents is 1. The minimum absolute atomic E-state index is 0.0557. The number of halogens is 2. The van der Waals surface area contributed by atoms with Gasteiger partial charge < -0.3 is 5.11 Å². The third-order valence-corrected chi connectivity index (χ3v) is 4.20. The monoisotopic (exact) mass is 315 g/mol. The molecule has 0 saturated heterocycles. The third-order valence-electron chi connectivity index (χ3n) is 2.36. The first-order chi connectivity index (χ1) is 8.99. The lowest BCUT2D eigenvalue weighted by molar-refractivity contribution is 0.0896. The highest BCUT2D eigenvalue weighted by Gasteiger charge is 2.20. The van der Waals surface area contributed by atoms with Crippen molar-refractivity contribution >= 4 is 46.3 Å². The van der Waals surface area contributed by atoms with Crippen LogP contribution in [-0.2, 0) is 0 Å². The van der Waals surface area contributed by atoms with Gasteiger partial charge >= 0.3 is 0 Å². The molecule has 1 aromatic carbocycles. The van der Waals surface area contributed by atoms with Gasteiger partial charge in [-0.1, -0.05) is 23.2 Å². The van der Waals surface area contributed by atoms with E-state index in [-0.39, 0.29) is 33.0 Å². The number of carbonyl (C=O) groups is 2. The van der Waals surface area contributed by atoms with Gasteiger partial charge in [-0.25, -0.2) is 0 Å². The molecule has 0 aliphatic rings. The van der Waals surface area contributed by atoms with Gasteiger partial charge in [0.15, 0.2) is 16.7 Å². The summed E-state index contributed by atoms with van der Waals surface area (Å²) in [7, 11) is 0. The molecule has 0 amide bonds. The van der Waals surface area contributed by atoms with Crippen LogP contribution < -0.4 is 0 Å². The maximum Gasteiger partial charge on any atom is 0.183 e. The van der Waals surface area contributed by atoms with Gasteiger partial charge in [0.1, 0.15) is 15.6 Å². The number of benzene rings is 1. The zero-order valence-corrected chi connectivity index (χ0v) is 11.7. The smallest absolute Gasteiger partial charge is 0.183 e. The lowest BCUT2D eigenvalue weighted by Gasteiger charge is -2.00. The maximum atomic E-state index is 11.9. The molecule has 1 N–H and O–H groups in total. The number of hydrogen-bond acceptors (Lipinski definition) is 5. The van der Waals surface area contributed by atoms with Crippen molar-refractivity contribution in [2.75, 3.05) is 0 Å². The second-order valence-electron chi connectivity index (χ2n) is 3.69. The zero-order chi connectivity index (χ0) is 14.0. The van der Waals surface area contributed by atoms with Gasteiger partial charge in [-0.15, -0.1) is 0 Å². The summed E-state index contributed by atoms with van der Waals surface area (Å²) in [4.78, 5) is 23.9. The average molecular weight is 316 g/mol. The number of aromatic hydroxyl groups is 1. The zero-order valence-electron chi connectivity index (χ0n) is 9.39. The van der Waals surface area contributed by atoms with Crippen molar-refractivity contribution in [3.63, 3.8) is 0 Å². The minimum Gasteiger partial charge on any atom is -0.508 e. The maximum absolute atomic E-state index is 11.9. The fourth-order valence-electron chi connectivity index (χ4n) is 1.41. The second kappa shape index (κ2) is 5.69. The fraction of sp³-hybridized carbons (Fsp3) is 0.0833. The van der Waals surface area contributed by atoms with Gasteiger partial charge in [0.2, 0.25) is 0 Å². The molecule has 0 unspecified atom stereocenters. The van der Waals surface area contributed by atoms with Gasteiger partial charge in [-0.2, -0.15) is 4.37 Å². The molecule has 0 aliphatic heterocycles. The number of hydrogen-bond donors (Lipinski definition) is 1. The van der Waals surface area contributed by atoms with E-state index in [1.54, 1.807) is 0 Å². The van der Waals surface area contributed by atoms with Crippen molar-refractivity contribution in [2.45, 2.75) is 6.42 Å². The number of Topliss-reactive ketones (excluding diaryl/α,β-unsaturated/α-hetero) is 2. The summed E-state index contributed by atoms with van der Waals surface area (Å²) in [5, 5.41) is 9.26. The van der Waals surface area contributed by atoms with Crippen molar-refractivity contribution in [1.29, 1.82) is 0 Å². The number of phenols is 1. The standard InChI is InChI=1S/C12H7Cl2NO3S/c13-10-11(19-15-12(10)14)9(18)5-8(17)6-1-3-7(16)4-2-6/h1-4,16H,5H2. The Kier molecular flexibility index (Phi) is 4.19. The molecule has 4 nitrogen and oxygen atoms in total. The van der Waals surface area contributed by atoms with Crippen LogP contribution in [0.25, 0.3) is 0 Å². The molecule has 0 aliphatic carbocycles. The summed E-state index contributed by atoms with van der Waals surface area (Å²) in [6, 6.07) is 5.67. The van der Waals surface area contributed by atoms with Crippen LogP contribution in [0.1, 0.15) is 26.5 Å². The van der Waals surface area contributed by atoms with E-state index in [4.69, 9.17) is 28.3 Å². The number of ketones is 2. The summed E-state index contributed by atoms with van der Waals surface area (Å²) in [5.74, 6) is -0.724. The number of rotatable bonds is 4. The Morgan fingerprint density at radius 1 is 1.16 bits per heavy atom. The van der Waals surface area contributed by atoms with E-state index in [2.05, 4.69) is 4.37 Å². The Morgan fingerprint density at radius 3 is 2.32 bits per heavy atom. The van der Waals surface area contributed by atoms with Crippen LogP contribution in [0.5, 0.6) is 5.75 Å². The first kappa shape index (κ1) is 14.0. The molecule has 2 rings (SSSR count). The lowest BCUT2D eigenvalue weighted by atomic mass is 10.1. The fourth-order valence-corrected chi connectivity index (χ4v) is 2.58. The predicted octanol–water partition coefficient (Wildman–Crippen LogP) is 3.61. The number of carbonyl (C=O) groups excluding carboxylic acids is 2. The lowest BCUT2D eigenvalue weighted by Crippen LogP contribution is -2.07. The van der Waals surface area contributed by atoms with Crippen molar-refractivity contribution in [3.05, 3.63) is 44.9 Å². The number of aromatic nitrogens is 1. The molecular weight excluding hydrogens is 309 g/mol. The molecule has 1 heterocycles. The molecular formula is C12H7Cl2NO3S. The quantitative estimate of drug-likeness (QED) is 0.691. The SMILES string of the molecule is O=C(CC(=O)c1snc(Cl)c1Cl)c1ccc(O)cc1. The Hall–Kier alpha value is -1.43. The topological polar surface area (TPSA) is 67.3 Å². The van der Waals surface area contributed by atoms with Crippen LogP contribution in [0.3, 0.4) is 0 Å². The Bertz CT molecular complexity index is 637. The van der Waals surface area contributed by atoms with Gasteiger partial charge in [0.05, 0.1) is 6.42 Å². The van der Waals surface area contributed by atoms with E-state index in [1.807, 2.05) is 0 Å². The predicted molar refractivity (Wildman–Crippen MR) is 73.5 cm³/mol. The molecule has 0 spiro atoms. The normalized spacial score (nSPS) is 10.4. The molecule has 1 aromatic heterocycles. The Balaban J connectivity index is 2.13. The summed E-state index contributed by atoms with van der Waals surface area (Å²) >= 11 is 12.3. The van der Waals surface area contributed by atoms with Gasteiger partial charge in [-0.3, -0.25) is 9.59 Å². The van der Waals surface area contributed by atoms with Crippen LogP contribution in [-0.4, -0.2) is 21.0 Å². The molecule has 98 valence electrons. The highest BCUT2D eigenvalue weighted by molar-refractivity contribution is 7.09. The molecule has 0 fully saturated rings. The number of nitrogens with zero attached hydrogens (tertiary/aromatic N) is 1. The van der Waals surface area contributed by atoms with Crippen LogP contribution in [0, 0.1) is 0 Å². The van der Waals surface area contributed by atoms with Gasteiger partial charge in [0, 0.05) is 5.56 Å². The Labute approximate surface area is 122 Å². The highest BCUT2D eigenvalue weighted by Crippen LogP contribution is 2.29. The van der Waals surface area contributed by atoms with E-state index in [1.165, 1.54) is 24.3 Å². The second-order valence-corrected chi connectivity index (χ2v) is 5.20. The van der Waals surface area contributed by atoms with Crippen molar-refractivity contribution in [3.8, 4) is 5.75 Å². The van der Waals surface area contributed by atoms with Crippen molar-refractivity contribution < 1.29 is 14.7 Å². The van der Waals surface area contributed by atoms with Gasteiger partial charge in [-0.05, 0) is 35.8 Å². The largest absolute Gasteiger partial charge is 0.508 e. The molecule has 0 radical (unpaired) electrons. The third kappa shape index (κ3) is 3.12. The van der Waals surface area contributed by atoms with Crippen LogP contribution in [0.15, 0.2) is 24.3 Å². The summed E-state index contributed by atoms with van der Waals surface area (Å²) in [6.45, 7) is 0. The van der Waals surface area contributed by atoms with Crippen LogP contribution in [0.2, 0.25) is 10.2 Å². The Morgan fingerprint density at radius 2 is 1.79 bits per heavy atom.